The zero-order chi connectivity index (χ0) is 16.7. The van der Waals surface area contributed by atoms with Crippen LogP contribution in [0.5, 0.6) is 11.5 Å². The largest absolute Gasteiger partial charge is 0.507 e. The van der Waals surface area contributed by atoms with Crippen molar-refractivity contribution in [2.24, 2.45) is 5.92 Å². The fourth-order valence-electron chi connectivity index (χ4n) is 1.88. The van der Waals surface area contributed by atoms with Crippen LogP contribution in [0.25, 0.3) is 6.08 Å². The molecule has 118 valence electrons. The molecule has 2 rings (SSSR count). The van der Waals surface area contributed by atoms with Crippen LogP contribution < -0.4 is 4.74 Å². The highest BCUT2D eigenvalue weighted by molar-refractivity contribution is 6.06. The van der Waals surface area contributed by atoms with E-state index in [4.69, 9.17) is 4.74 Å². The van der Waals surface area contributed by atoms with Gasteiger partial charge < -0.3 is 9.84 Å². The van der Waals surface area contributed by atoms with Gasteiger partial charge in [-0.2, -0.15) is 0 Å². The summed E-state index contributed by atoms with van der Waals surface area (Å²) < 4.78 is 5.42. The molecule has 2 aromatic rings. The van der Waals surface area contributed by atoms with E-state index in [1.54, 1.807) is 36.6 Å². The van der Waals surface area contributed by atoms with Crippen LogP contribution in [0.4, 0.5) is 0 Å². The molecule has 0 radical (unpaired) electrons. The van der Waals surface area contributed by atoms with Crippen LogP contribution in [0.3, 0.4) is 0 Å². The molecule has 0 amide bonds. The number of benzene rings is 2. The molecule has 0 fully saturated rings. The van der Waals surface area contributed by atoms with Gasteiger partial charge in [-0.1, -0.05) is 44.2 Å². The first-order valence-electron chi connectivity index (χ1n) is 7.50. The molecule has 0 aliphatic rings. The van der Waals surface area contributed by atoms with Crippen LogP contribution in [0, 0.1) is 5.92 Å². The molecule has 0 unspecified atom stereocenters. The predicted molar refractivity (Wildman–Crippen MR) is 92.5 cm³/mol. The number of hydrogen-bond acceptors (Lipinski definition) is 3. The molecule has 3 heteroatoms. The minimum absolute atomic E-state index is 0.0672. The fraction of sp³-hybridized carbons (Fsp3) is 0.150. The van der Waals surface area contributed by atoms with Gasteiger partial charge in [0.1, 0.15) is 11.5 Å². The monoisotopic (exact) mass is 308 g/mol. The van der Waals surface area contributed by atoms with Crippen molar-refractivity contribution >= 4 is 11.9 Å². The Bertz CT molecular complexity index is 713. The summed E-state index contributed by atoms with van der Waals surface area (Å²) in [5.74, 6) is 0.906. The van der Waals surface area contributed by atoms with Crippen molar-refractivity contribution in [3.8, 4) is 11.5 Å². The van der Waals surface area contributed by atoms with Gasteiger partial charge in [-0.15, -0.1) is 0 Å². The van der Waals surface area contributed by atoms with Gasteiger partial charge in [0.2, 0.25) is 0 Å². The Morgan fingerprint density at radius 3 is 2.52 bits per heavy atom. The summed E-state index contributed by atoms with van der Waals surface area (Å²) in [5, 5.41) is 10.0. The number of ether oxygens (including phenoxy) is 1. The topological polar surface area (TPSA) is 46.5 Å². The van der Waals surface area contributed by atoms with E-state index in [1.807, 2.05) is 24.3 Å². The maximum Gasteiger partial charge on any atom is 0.185 e. The summed E-state index contributed by atoms with van der Waals surface area (Å²) >= 11 is 0. The standard InChI is InChI=1S/C20H20O3/c1-15(2)12-13-23-18-10-8-17(20(22)14-18)9-11-19(21)16-6-4-3-5-7-16/h3-15,22H,1-2H3. The lowest BCUT2D eigenvalue weighted by molar-refractivity contribution is 0.104. The van der Waals surface area contributed by atoms with E-state index in [9.17, 15) is 9.90 Å². The Kier molecular flexibility index (Phi) is 5.75. The third kappa shape index (κ3) is 5.15. The van der Waals surface area contributed by atoms with Crippen LogP contribution in [0.15, 0.2) is 66.9 Å². The van der Waals surface area contributed by atoms with Crippen molar-refractivity contribution in [2.75, 3.05) is 0 Å². The number of phenols is 1. The normalized spacial score (nSPS) is 11.4. The molecule has 0 atom stereocenters. The zero-order valence-corrected chi connectivity index (χ0v) is 13.3. The molecular formula is C20H20O3. The second-order valence-electron chi connectivity index (χ2n) is 5.47. The molecule has 0 saturated carbocycles. The van der Waals surface area contributed by atoms with E-state index >= 15 is 0 Å². The summed E-state index contributed by atoms with van der Waals surface area (Å²) in [6.45, 7) is 4.10. The Hall–Kier alpha value is -2.81. The second-order valence-corrected chi connectivity index (χ2v) is 5.47. The second kappa shape index (κ2) is 7.99. The van der Waals surface area contributed by atoms with Crippen molar-refractivity contribution in [3.63, 3.8) is 0 Å². The Morgan fingerprint density at radius 2 is 1.87 bits per heavy atom. The van der Waals surface area contributed by atoms with Crippen LogP contribution in [0.1, 0.15) is 29.8 Å². The molecule has 23 heavy (non-hydrogen) atoms. The summed E-state index contributed by atoms with van der Waals surface area (Å²) in [7, 11) is 0. The van der Waals surface area contributed by atoms with Gasteiger partial charge >= 0.3 is 0 Å². The molecule has 0 aliphatic heterocycles. The molecular weight excluding hydrogens is 288 g/mol. The number of carbonyl (C=O) groups excluding carboxylic acids is 1. The van der Waals surface area contributed by atoms with E-state index in [1.165, 1.54) is 12.1 Å². The Morgan fingerprint density at radius 1 is 1.13 bits per heavy atom. The summed E-state index contributed by atoms with van der Waals surface area (Å²) in [6.07, 6.45) is 6.57. The van der Waals surface area contributed by atoms with E-state index in [-0.39, 0.29) is 11.5 Å². The maximum atomic E-state index is 12.0. The van der Waals surface area contributed by atoms with Crippen molar-refractivity contribution < 1.29 is 14.6 Å². The van der Waals surface area contributed by atoms with Crippen molar-refractivity contribution in [2.45, 2.75) is 13.8 Å². The number of allylic oxidation sites excluding steroid dienone is 2. The van der Waals surface area contributed by atoms with Gasteiger partial charge in [0.25, 0.3) is 0 Å². The third-order valence-corrected chi connectivity index (χ3v) is 3.14. The van der Waals surface area contributed by atoms with Crippen molar-refractivity contribution in [1.82, 2.24) is 0 Å². The van der Waals surface area contributed by atoms with Crippen LogP contribution >= 0.6 is 0 Å². The highest BCUT2D eigenvalue weighted by Crippen LogP contribution is 2.25. The van der Waals surface area contributed by atoms with E-state index < -0.39 is 0 Å². The number of carbonyl (C=O) groups is 1. The van der Waals surface area contributed by atoms with Gasteiger partial charge in [0.05, 0.1) is 6.26 Å². The van der Waals surface area contributed by atoms with Crippen LogP contribution in [-0.4, -0.2) is 10.9 Å². The molecule has 1 N–H and O–H groups in total. The van der Waals surface area contributed by atoms with Gasteiger partial charge in [0, 0.05) is 17.2 Å². The SMILES string of the molecule is CC(C)C=COc1ccc(C=CC(=O)c2ccccc2)c(O)c1. The smallest absolute Gasteiger partial charge is 0.185 e. The summed E-state index contributed by atoms with van der Waals surface area (Å²) in [6, 6.07) is 14.0. The lowest BCUT2D eigenvalue weighted by Crippen LogP contribution is -1.92. The van der Waals surface area contributed by atoms with E-state index in [2.05, 4.69) is 13.8 Å². The van der Waals surface area contributed by atoms with E-state index in [0.29, 0.717) is 22.8 Å². The average molecular weight is 308 g/mol. The quantitative estimate of drug-likeness (QED) is 0.472. The predicted octanol–water partition coefficient (Wildman–Crippen LogP) is 4.84. The number of hydrogen-bond donors (Lipinski definition) is 1. The maximum absolute atomic E-state index is 12.0. The first kappa shape index (κ1) is 16.6. The number of rotatable bonds is 6. The molecule has 0 aromatic heterocycles. The molecule has 0 bridgehead atoms. The Labute approximate surface area is 136 Å². The van der Waals surface area contributed by atoms with Gasteiger partial charge in [0.15, 0.2) is 5.78 Å². The summed E-state index contributed by atoms with van der Waals surface area (Å²) in [4.78, 5) is 12.0. The summed E-state index contributed by atoms with van der Waals surface area (Å²) in [5.41, 5.74) is 1.18. The van der Waals surface area contributed by atoms with Gasteiger partial charge in [-0.3, -0.25) is 4.79 Å². The highest BCUT2D eigenvalue weighted by Gasteiger charge is 2.03. The number of ketones is 1. The van der Waals surface area contributed by atoms with Gasteiger partial charge in [-0.25, -0.2) is 0 Å². The first-order chi connectivity index (χ1) is 11.1. The van der Waals surface area contributed by atoms with Crippen LogP contribution in [-0.2, 0) is 0 Å². The third-order valence-electron chi connectivity index (χ3n) is 3.14. The van der Waals surface area contributed by atoms with E-state index in [0.717, 1.165) is 0 Å². The minimum Gasteiger partial charge on any atom is -0.507 e. The van der Waals surface area contributed by atoms with Crippen molar-refractivity contribution in [1.29, 1.82) is 0 Å². The zero-order valence-electron chi connectivity index (χ0n) is 13.3. The molecule has 3 nitrogen and oxygen atoms in total. The lowest BCUT2D eigenvalue weighted by atomic mass is 10.1. The molecule has 0 saturated heterocycles. The number of phenolic OH excluding ortho intramolecular Hbond substituents is 1. The number of aromatic hydroxyl groups is 1. The Balaban J connectivity index is 2.06. The average Bonchev–Trinajstić information content (AvgIpc) is 2.54. The minimum atomic E-state index is -0.106. The van der Waals surface area contributed by atoms with Crippen molar-refractivity contribution in [3.05, 3.63) is 78.1 Å². The molecule has 0 heterocycles. The molecule has 2 aromatic carbocycles. The highest BCUT2D eigenvalue weighted by atomic mass is 16.5. The van der Waals surface area contributed by atoms with Crippen LogP contribution in [0.2, 0.25) is 0 Å². The van der Waals surface area contributed by atoms with Gasteiger partial charge in [-0.05, 0) is 36.3 Å². The first-order valence-corrected chi connectivity index (χ1v) is 7.50. The molecule has 0 aliphatic carbocycles. The molecule has 0 spiro atoms. The fourth-order valence-corrected chi connectivity index (χ4v) is 1.88. The lowest BCUT2D eigenvalue weighted by Gasteiger charge is -2.04.